The molecule has 0 heterocycles. The van der Waals surface area contributed by atoms with Crippen LogP contribution in [0.4, 0.5) is 4.39 Å². The third-order valence-electron chi connectivity index (χ3n) is 3.48. The van der Waals surface area contributed by atoms with Crippen molar-refractivity contribution in [1.82, 2.24) is 5.32 Å². The van der Waals surface area contributed by atoms with E-state index in [1.807, 2.05) is 13.0 Å². The van der Waals surface area contributed by atoms with Crippen LogP contribution in [0.3, 0.4) is 0 Å². The quantitative estimate of drug-likeness (QED) is 0.824. The zero-order valence-corrected chi connectivity index (χ0v) is 12.7. The average molecular weight is 278 g/mol. The Morgan fingerprint density at radius 1 is 1.45 bits per heavy atom. The van der Waals surface area contributed by atoms with Gasteiger partial charge in [0.25, 0.3) is 0 Å². The van der Waals surface area contributed by atoms with Crippen LogP contribution >= 0.6 is 0 Å². The van der Waals surface area contributed by atoms with Gasteiger partial charge in [-0.15, -0.1) is 0 Å². The summed E-state index contributed by atoms with van der Waals surface area (Å²) in [5, 5.41) is 12.0. The molecule has 0 aromatic heterocycles. The minimum absolute atomic E-state index is 0.0506. The molecule has 1 atom stereocenters. The minimum Gasteiger partial charge on any atom is -0.494 e. The molecule has 0 bridgehead atoms. The Balaban J connectivity index is 2.61. The molecule has 0 fully saturated rings. The number of benzene rings is 1. The van der Waals surface area contributed by atoms with Crippen LogP contribution in [0, 0.1) is 22.6 Å². The number of nitrogens with zero attached hydrogens (tertiary/aromatic N) is 1. The van der Waals surface area contributed by atoms with Gasteiger partial charge in [-0.3, -0.25) is 0 Å². The van der Waals surface area contributed by atoms with E-state index in [2.05, 4.69) is 25.2 Å². The molecule has 0 radical (unpaired) electrons. The summed E-state index contributed by atoms with van der Waals surface area (Å²) in [5.74, 6) is -0.0855. The van der Waals surface area contributed by atoms with Crippen molar-refractivity contribution in [2.75, 3.05) is 13.7 Å². The largest absolute Gasteiger partial charge is 0.494 e. The van der Waals surface area contributed by atoms with Crippen molar-refractivity contribution in [2.45, 2.75) is 39.7 Å². The van der Waals surface area contributed by atoms with E-state index in [0.29, 0.717) is 6.42 Å². The lowest BCUT2D eigenvalue weighted by Gasteiger charge is -2.26. The van der Waals surface area contributed by atoms with Crippen molar-refractivity contribution in [3.05, 3.63) is 29.6 Å². The van der Waals surface area contributed by atoms with E-state index in [-0.39, 0.29) is 23.0 Å². The van der Waals surface area contributed by atoms with E-state index in [1.54, 1.807) is 6.07 Å². The summed E-state index contributed by atoms with van der Waals surface area (Å²) < 4.78 is 18.6. The van der Waals surface area contributed by atoms with Crippen LogP contribution in [0.15, 0.2) is 18.2 Å². The Morgan fingerprint density at radius 2 is 2.15 bits per heavy atom. The van der Waals surface area contributed by atoms with Gasteiger partial charge in [-0.2, -0.15) is 5.26 Å². The molecule has 20 heavy (non-hydrogen) atoms. The third-order valence-corrected chi connectivity index (χ3v) is 3.48. The number of ether oxygens (including phenoxy) is 1. The molecule has 1 unspecified atom stereocenters. The predicted octanol–water partition coefficient (Wildman–Crippen LogP) is 3.81. The molecule has 0 saturated heterocycles. The van der Waals surface area contributed by atoms with Gasteiger partial charge in [0.2, 0.25) is 0 Å². The first-order chi connectivity index (χ1) is 9.39. The zero-order valence-electron chi connectivity index (χ0n) is 12.7. The van der Waals surface area contributed by atoms with E-state index < -0.39 is 0 Å². The second-order valence-electron chi connectivity index (χ2n) is 5.82. The lowest BCUT2D eigenvalue weighted by Crippen LogP contribution is -2.31. The van der Waals surface area contributed by atoms with Crippen LogP contribution < -0.4 is 10.1 Å². The van der Waals surface area contributed by atoms with Crippen LogP contribution in [-0.2, 0) is 0 Å². The Morgan fingerprint density at radius 3 is 2.70 bits per heavy atom. The minimum atomic E-state index is -0.345. The normalized spacial score (nSPS) is 12.8. The fourth-order valence-electron chi connectivity index (χ4n) is 1.98. The van der Waals surface area contributed by atoms with E-state index >= 15 is 0 Å². The number of methoxy groups -OCH3 is 1. The number of rotatable bonds is 7. The lowest BCUT2D eigenvalue weighted by atomic mass is 9.87. The lowest BCUT2D eigenvalue weighted by molar-refractivity contribution is 0.304. The topological polar surface area (TPSA) is 45.0 Å². The number of hydrogen-bond acceptors (Lipinski definition) is 3. The Hall–Kier alpha value is -1.60. The summed E-state index contributed by atoms with van der Waals surface area (Å²) in [5.41, 5.74) is 0.939. The third kappa shape index (κ3) is 4.82. The fourth-order valence-corrected chi connectivity index (χ4v) is 1.98. The van der Waals surface area contributed by atoms with Crippen molar-refractivity contribution in [3.63, 3.8) is 0 Å². The molecule has 0 aliphatic heterocycles. The SMILES string of the molecule is COc1ccc(C(C)NCC(C)(C)CCC#N)cc1F. The number of hydrogen-bond donors (Lipinski definition) is 1. The van der Waals surface area contributed by atoms with Crippen LogP contribution in [0.5, 0.6) is 5.75 Å². The number of nitrogens with one attached hydrogen (secondary N) is 1. The second-order valence-corrected chi connectivity index (χ2v) is 5.82. The highest BCUT2D eigenvalue weighted by Crippen LogP contribution is 2.24. The fraction of sp³-hybridized carbons (Fsp3) is 0.562. The van der Waals surface area contributed by atoms with Gasteiger partial charge >= 0.3 is 0 Å². The van der Waals surface area contributed by atoms with Gasteiger partial charge in [-0.05, 0) is 36.5 Å². The van der Waals surface area contributed by atoms with Gasteiger partial charge in [0, 0.05) is 19.0 Å². The Kier molecular flexibility index (Phi) is 5.97. The average Bonchev–Trinajstić information content (AvgIpc) is 2.42. The molecule has 1 N–H and O–H groups in total. The van der Waals surface area contributed by atoms with Crippen LogP contribution in [0.1, 0.15) is 45.2 Å². The summed E-state index contributed by atoms with van der Waals surface area (Å²) in [6.07, 6.45) is 1.40. The van der Waals surface area contributed by atoms with E-state index in [1.165, 1.54) is 13.2 Å². The second kappa shape index (κ2) is 7.25. The first-order valence-corrected chi connectivity index (χ1v) is 6.83. The molecule has 4 heteroatoms. The standard InChI is InChI=1S/C16H23FN2O/c1-12(19-11-16(2,3)8-5-9-18)13-6-7-15(20-4)14(17)10-13/h6-7,10,12,19H,5,8,11H2,1-4H3. The molecule has 0 spiro atoms. The molecule has 0 aliphatic rings. The molecule has 3 nitrogen and oxygen atoms in total. The predicted molar refractivity (Wildman–Crippen MR) is 78.0 cm³/mol. The molecule has 1 aromatic rings. The van der Waals surface area contributed by atoms with Crippen molar-refractivity contribution in [2.24, 2.45) is 5.41 Å². The zero-order chi connectivity index (χ0) is 15.2. The first kappa shape index (κ1) is 16.5. The number of halogens is 1. The van der Waals surface area contributed by atoms with Gasteiger partial charge in [0.15, 0.2) is 11.6 Å². The molecule has 110 valence electrons. The van der Waals surface area contributed by atoms with Crippen molar-refractivity contribution in [3.8, 4) is 11.8 Å². The monoisotopic (exact) mass is 278 g/mol. The summed E-state index contributed by atoms with van der Waals surface area (Å²) in [7, 11) is 1.46. The van der Waals surface area contributed by atoms with E-state index in [0.717, 1.165) is 18.5 Å². The van der Waals surface area contributed by atoms with Crippen LogP contribution in [0.25, 0.3) is 0 Å². The summed E-state index contributed by atoms with van der Waals surface area (Å²) >= 11 is 0. The maximum absolute atomic E-state index is 13.7. The molecule has 0 saturated carbocycles. The highest BCUT2D eigenvalue weighted by molar-refractivity contribution is 5.30. The van der Waals surface area contributed by atoms with Crippen molar-refractivity contribution in [1.29, 1.82) is 5.26 Å². The molecule has 1 aromatic carbocycles. The first-order valence-electron chi connectivity index (χ1n) is 6.83. The van der Waals surface area contributed by atoms with Gasteiger partial charge in [0.05, 0.1) is 13.2 Å². The smallest absolute Gasteiger partial charge is 0.165 e. The molecular formula is C16H23FN2O. The Labute approximate surface area is 120 Å². The summed E-state index contributed by atoms with van der Waals surface area (Å²) in [6, 6.07) is 7.23. The van der Waals surface area contributed by atoms with Gasteiger partial charge in [0.1, 0.15) is 0 Å². The molecule has 1 rings (SSSR count). The van der Waals surface area contributed by atoms with Gasteiger partial charge in [-0.1, -0.05) is 19.9 Å². The maximum Gasteiger partial charge on any atom is 0.165 e. The van der Waals surface area contributed by atoms with E-state index in [9.17, 15) is 4.39 Å². The summed E-state index contributed by atoms with van der Waals surface area (Å²) in [4.78, 5) is 0. The van der Waals surface area contributed by atoms with Crippen molar-refractivity contribution < 1.29 is 9.13 Å². The summed E-state index contributed by atoms with van der Waals surface area (Å²) in [6.45, 7) is 7.03. The molecule has 0 amide bonds. The molecule has 0 aliphatic carbocycles. The van der Waals surface area contributed by atoms with Crippen LogP contribution in [-0.4, -0.2) is 13.7 Å². The van der Waals surface area contributed by atoms with Gasteiger partial charge < -0.3 is 10.1 Å². The number of nitriles is 1. The molecular weight excluding hydrogens is 255 g/mol. The Bertz CT molecular complexity index is 480. The maximum atomic E-state index is 13.7. The van der Waals surface area contributed by atoms with Crippen molar-refractivity contribution >= 4 is 0 Å². The highest BCUT2D eigenvalue weighted by atomic mass is 19.1. The van der Waals surface area contributed by atoms with Gasteiger partial charge in [-0.25, -0.2) is 4.39 Å². The highest BCUT2D eigenvalue weighted by Gasteiger charge is 2.19. The van der Waals surface area contributed by atoms with Crippen LogP contribution in [0.2, 0.25) is 0 Å². The van der Waals surface area contributed by atoms with E-state index in [4.69, 9.17) is 10.00 Å².